The second-order valence-electron chi connectivity index (χ2n) is 6.41. The molecule has 3 heteroatoms. The van der Waals surface area contributed by atoms with Crippen LogP contribution < -0.4 is 5.32 Å². The van der Waals surface area contributed by atoms with Gasteiger partial charge in [0.1, 0.15) is 0 Å². The Kier molecular flexibility index (Phi) is 8.74. The number of aliphatic hydroxyl groups is 1. The van der Waals surface area contributed by atoms with Crippen LogP contribution >= 0.6 is 0 Å². The molecule has 3 nitrogen and oxygen atoms in total. The molecule has 1 saturated carbocycles. The van der Waals surface area contributed by atoms with Gasteiger partial charge in [0.2, 0.25) is 0 Å². The highest BCUT2D eigenvalue weighted by molar-refractivity contribution is 4.99. The molecule has 0 aliphatic heterocycles. The Balaban J connectivity index is 2.46. The fourth-order valence-electron chi connectivity index (χ4n) is 3.58. The predicted octanol–water partition coefficient (Wildman–Crippen LogP) is 3.03. The Hall–Kier alpha value is -0.120. The van der Waals surface area contributed by atoms with Gasteiger partial charge in [0.25, 0.3) is 0 Å². The number of hydrogen-bond donors (Lipinski definition) is 2. The molecular formula is C17H36N2O. The number of rotatable bonds is 11. The molecule has 1 rings (SSSR count). The fourth-order valence-corrected chi connectivity index (χ4v) is 3.58. The SMILES string of the molecule is CCCCN(CC)CCC1CCCC1(CO)NCCC. The molecular weight excluding hydrogens is 248 g/mol. The first-order valence-electron chi connectivity index (χ1n) is 8.80. The van der Waals surface area contributed by atoms with E-state index < -0.39 is 0 Å². The zero-order chi connectivity index (χ0) is 14.8. The first-order chi connectivity index (χ1) is 9.72. The number of aliphatic hydroxyl groups excluding tert-OH is 1. The quantitative estimate of drug-likeness (QED) is 0.612. The summed E-state index contributed by atoms with van der Waals surface area (Å²) < 4.78 is 0. The molecule has 2 unspecified atom stereocenters. The molecule has 1 fully saturated rings. The van der Waals surface area contributed by atoms with E-state index >= 15 is 0 Å². The molecule has 2 atom stereocenters. The Morgan fingerprint density at radius 1 is 1.20 bits per heavy atom. The Bertz CT molecular complexity index is 247. The van der Waals surface area contributed by atoms with Crippen LogP contribution in [0.3, 0.4) is 0 Å². The maximum atomic E-state index is 9.90. The van der Waals surface area contributed by atoms with E-state index in [9.17, 15) is 5.11 Å². The second-order valence-corrected chi connectivity index (χ2v) is 6.41. The average molecular weight is 284 g/mol. The number of nitrogens with zero attached hydrogens (tertiary/aromatic N) is 1. The van der Waals surface area contributed by atoms with Crippen LogP contribution in [0.5, 0.6) is 0 Å². The summed E-state index contributed by atoms with van der Waals surface area (Å²) in [6.45, 7) is 11.6. The van der Waals surface area contributed by atoms with Crippen molar-refractivity contribution in [1.29, 1.82) is 0 Å². The van der Waals surface area contributed by atoms with E-state index in [4.69, 9.17) is 0 Å². The fraction of sp³-hybridized carbons (Fsp3) is 1.00. The lowest BCUT2D eigenvalue weighted by Gasteiger charge is -2.36. The van der Waals surface area contributed by atoms with Crippen molar-refractivity contribution in [3.8, 4) is 0 Å². The van der Waals surface area contributed by atoms with Gasteiger partial charge in [-0.2, -0.15) is 0 Å². The van der Waals surface area contributed by atoms with Crippen molar-refractivity contribution in [2.45, 2.75) is 71.3 Å². The summed E-state index contributed by atoms with van der Waals surface area (Å²) in [5, 5.41) is 13.6. The van der Waals surface area contributed by atoms with Crippen LogP contribution in [0.25, 0.3) is 0 Å². The lowest BCUT2D eigenvalue weighted by atomic mass is 9.85. The minimum atomic E-state index is 0.0141. The van der Waals surface area contributed by atoms with Crippen molar-refractivity contribution in [3.63, 3.8) is 0 Å². The minimum absolute atomic E-state index is 0.0141. The predicted molar refractivity (Wildman–Crippen MR) is 87.1 cm³/mol. The molecule has 0 aromatic rings. The monoisotopic (exact) mass is 284 g/mol. The molecule has 20 heavy (non-hydrogen) atoms. The summed E-state index contributed by atoms with van der Waals surface area (Å²) in [4.78, 5) is 2.57. The highest BCUT2D eigenvalue weighted by Gasteiger charge is 2.41. The first kappa shape index (κ1) is 17.9. The van der Waals surface area contributed by atoms with Gasteiger partial charge in [-0.1, -0.05) is 33.6 Å². The summed E-state index contributed by atoms with van der Waals surface area (Å²) in [6.07, 6.45) is 8.65. The third-order valence-electron chi connectivity index (χ3n) is 5.04. The van der Waals surface area contributed by atoms with Crippen molar-refractivity contribution in [3.05, 3.63) is 0 Å². The van der Waals surface area contributed by atoms with Gasteiger partial charge in [-0.15, -0.1) is 0 Å². The Morgan fingerprint density at radius 3 is 2.60 bits per heavy atom. The van der Waals surface area contributed by atoms with Crippen molar-refractivity contribution in [1.82, 2.24) is 10.2 Å². The lowest BCUT2D eigenvalue weighted by Crippen LogP contribution is -2.52. The van der Waals surface area contributed by atoms with Gasteiger partial charge in [0.15, 0.2) is 0 Å². The van der Waals surface area contributed by atoms with Gasteiger partial charge >= 0.3 is 0 Å². The van der Waals surface area contributed by atoms with E-state index in [0.717, 1.165) is 25.9 Å². The summed E-state index contributed by atoms with van der Waals surface area (Å²) in [7, 11) is 0. The van der Waals surface area contributed by atoms with Crippen molar-refractivity contribution in [2.24, 2.45) is 5.92 Å². The van der Waals surface area contributed by atoms with Gasteiger partial charge in [-0.3, -0.25) is 0 Å². The second kappa shape index (κ2) is 9.75. The van der Waals surface area contributed by atoms with Crippen LogP contribution in [-0.2, 0) is 0 Å². The topological polar surface area (TPSA) is 35.5 Å². The molecule has 120 valence electrons. The van der Waals surface area contributed by atoms with Crippen LogP contribution in [0.1, 0.15) is 65.7 Å². The van der Waals surface area contributed by atoms with Crippen LogP contribution in [0.2, 0.25) is 0 Å². The van der Waals surface area contributed by atoms with Crippen LogP contribution in [-0.4, -0.2) is 48.3 Å². The normalized spacial score (nSPS) is 26.6. The smallest absolute Gasteiger partial charge is 0.0616 e. The molecule has 2 N–H and O–H groups in total. The number of unbranched alkanes of at least 4 members (excludes halogenated alkanes) is 1. The standard InChI is InChI=1S/C17H36N2O/c1-4-7-13-19(6-3)14-10-16-9-8-11-17(16,15-20)18-12-5-2/h16,18,20H,4-15H2,1-3H3. The molecule has 0 amide bonds. The highest BCUT2D eigenvalue weighted by Crippen LogP contribution is 2.37. The molecule has 0 aromatic heterocycles. The van der Waals surface area contributed by atoms with Crippen molar-refractivity contribution >= 4 is 0 Å². The number of nitrogens with one attached hydrogen (secondary N) is 1. The summed E-state index contributed by atoms with van der Waals surface area (Å²) in [5.41, 5.74) is 0.0141. The van der Waals surface area contributed by atoms with Crippen molar-refractivity contribution < 1.29 is 5.11 Å². The minimum Gasteiger partial charge on any atom is -0.394 e. The van der Waals surface area contributed by atoms with Gasteiger partial charge in [-0.25, -0.2) is 0 Å². The summed E-state index contributed by atoms with van der Waals surface area (Å²) in [5.74, 6) is 0.648. The van der Waals surface area contributed by atoms with E-state index in [0.29, 0.717) is 12.5 Å². The van der Waals surface area contributed by atoms with Gasteiger partial charge in [-0.05, 0) is 64.2 Å². The first-order valence-corrected chi connectivity index (χ1v) is 8.80. The molecule has 0 bridgehead atoms. The molecule has 0 saturated heterocycles. The molecule has 0 heterocycles. The van der Waals surface area contributed by atoms with E-state index in [1.54, 1.807) is 0 Å². The molecule has 0 spiro atoms. The maximum Gasteiger partial charge on any atom is 0.0616 e. The van der Waals surface area contributed by atoms with Gasteiger partial charge < -0.3 is 15.3 Å². The zero-order valence-corrected chi connectivity index (χ0v) is 14.0. The van der Waals surface area contributed by atoms with E-state index in [2.05, 4.69) is 31.0 Å². The van der Waals surface area contributed by atoms with Crippen LogP contribution in [0.15, 0.2) is 0 Å². The lowest BCUT2D eigenvalue weighted by molar-refractivity contribution is 0.111. The average Bonchev–Trinajstić information content (AvgIpc) is 2.89. The third-order valence-corrected chi connectivity index (χ3v) is 5.04. The molecule has 1 aliphatic carbocycles. The van der Waals surface area contributed by atoms with Gasteiger partial charge in [0, 0.05) is 5.54 Å². The third kappa shape index (κ3) is 5.01. The number of hydrogen-bond acceptors (Lipinski definition) is 3. The van der Waals surface area contributed by atoms with Gasteiger partial charge in [0.05, 0.1) is 6.61 Å². The zero-order valence-electron chi connectivity index (χ0n) is 14.0. The Labute approximate surface area is 126 Å². The van der Waals surface area contributed by atoms with Crippen LogP contribution in [0, 0.1) is 5.92 Å². The molecule has 1 aliphatic rings. The summed E-state index contributed by atoms with van der Waals surface area (Å²) in [6, 6.07) is 0. The maximum absolute atomic E-state index is 9.90. The molecule has 0 aromatic carbocycles. The Morgan fingerprint density at radius 2 is 2.00 bits per heavy atom. The van der Waals surface area contributed by atoms with Crippen LogP contribution in [0.4, 0.5) is 0 Å². The van der Waals surface area contributed by atoms with E-state index in [1.165, 1.54) is 45.2 Å². The van der Waals surface area contributed by atoms with E-state index in [-0.39, 0.29) is 5.54 Å². The van der Waals surface area contributed by atoms with Crippen molar-refractivity contribution in [2.75, 3.05) is 32.8 Å². The summed E-state index contributed by atoms with van der Waals surface area (Å²) >= 11 is 0. The largest absolute Gasteiger partial charge is 0.394 e. The highest BCUT2D eigenvalue weighted by atomic mass is 16.3. The molecule has 0 radical (unpaired) electrons. The van der Waals surface area contributed by atoms with E-state index in [1.807, 2.05) is 0 Å².